The van der Waals surface area contributed by atoms with Gasteiger partial charge in [-0.05, 0) is 42.0 Å². The fraction of sp³-hybridized carbons (Fsp3) is 0.125. The lowest BCUT2D eigenvalue weighted by Crippen LogP contribution is -1.94. The maximum atomic E-state index is 12.0. The Bertz CT molecular complexity index is 669. The molecule has 1 aromatic carbocycles. The van der Waals surface area contributed by atoms with Crippen molar-refractivity contribution in [3.8, 4) is 11.5 Å². The fourth-order valence-electron chi connectivity index (χ4n) is 1.78. The van der Waals surface area contributed by atoms with Crippen LogP contribution in [-0.2, 0) is 0 Å². The lowest BCUT2D eigenvalue weighted by Gasteiger charge is -2.09. The third-order valence-electron chi connectivity index (χ3n) is 2.88. The van der Waals surface area contributed by atoms with Crippen LogP contribution in [0.2, 0.25) is 0 Å². The summed E-state index contributed by atoms with van der Waals surface area (Å²) >= 11 is 3.45. The van der Waals surface area contributed by atoms with E-state index in [1.54, 1.807) is 57.0 Å². The Morgan fingerprint density at radius 2 is 1.76 bits per heavy atom. The van der Waals surface area contributed by atoms with Crippen LogP contribution in [0.4, 0.5) is 0 Å². The van der Waals surface area contributed by atoms with Gasteiger partial charge in [-0.3, -0.25) is 9.78 Å². The molecule has 5 heteroatoms. The van der Waals surface area contributed by atoms with Gasteiger partial charge in [0.25, 0.3) is 0 Å². The van der Waals surface area contributed by atoms with E-state index in [1.165, 1.54) is 6.08 Å². The number of hydrogen-bond donors (Lipinski definition) is 0. The van der Waals surface area contributed by atoms with E-state index in [9.17, 15) is 4.79 Å². The second kappa shape index (κ2) is 7.04. The number of carbonyl (C=O) groups is 1. The summed E-state index contributed by atoms with van der Waals surface area (Å²) in [6.45, 7) is 0. The molecule has 0 saturated heterocycles. The third kappa shape index (κ3) is 3.70. The lowest BCUT2D eigenvalue weighted by atomic mass is 10.1. The monoisotopic (exact) mass is 347 g/mol. The van der Waals surface area contributed by atoms with Crippen molar-refractivity contribution in [2.75, 3.05) is 14.2 Å². The van der Waals surface area contributed by atoms with E-state index in [0.717, 1.165) is 10.0 Å². The highest BCUT2D eigenvalue weighted by Gasteiger charge is 2.08. The zero-order valence-corrected chi connectivity index (χ0v) is 13.3. The quantitative estimate of drug-likeness (QED) is 0.610. The SMILES string of the molecule is COc1cc(Br)c(/C=C/C(=O)c2ccncc2)cc1OC. The Morgan fingerprint density at radius 1 is 1.14 bits per heavy atom. The number of ether oxygens (including phenoxy) is 2. The smallest absolute Gasteiger partial charge is 0.185 e. The Labute approximate surface area is 131 Å². The molecule has 0 fully saturated rings. The maximum absolute atomic E-state index is 12.0. The Kier molecular flexibility index (Phi) is 5.11. The van der Waals surface area contributed by atoms with Crippen LogP contribution in [0.3, 0.4) is 0 Å². The molecule has 0 N–H and O–H groups in total. The average Bonchev–Trinajstić information content (AvgIpc) is 2.53. The standard InChI is InChI=1S/C16H14BrNO3/c1-20-15-9-12(13(17)10-16(15)21-2)3-4-14(19)11-5-7-18-8-6-11/h3-10H,1-2H3/b4-3+. The number of benzene rings is 1. The van der Waals surface area contributed by atoms with Gasteiger partial charge >= 0.3 is 0 Å². The van der Waals surface area contributed by atoms with Crippen LogP contribution in [0, 0.1) is 0 Å². The average molecular weight is 348 g/mol. The van der Waals surface area contributed by atoms with Gasteiger partial charge < -0.3 is 9.47 Å². The number of carbonyl (C=O) groups excluding carboxylic acids is 1. The largest absolute Gasteiger partial charge is 0.493 e. The minimum Gasteiger partial charge on any atom is -0.493 e. The van der Waals surface area contributed by atoms with Gasteiger partial charge in [0.2, 0.25) is 0 Å². The van der Waals surface area contributed by atoms with Crippen LogP contribution >= 0.6 is 15.9 Å². The number of nitrogens with zero attached hydrogens (tertiary/aromatic N) is 1. The Hall–Kier alpha value is -2.14. The van der Waals surface area contributed by atoms with E-state index in [0.29, 0.717) is 17.1 Å². The van der Waals surface area contributed by atoms with Crippen molar-refractivity contribution in [1.29, 1.82) is 0 Å². The highest BCUT2D eigenvalue weighted by molar-refractivity contribution is 9.10. The number of aromatic nitrogens is 1. The van der Waals surface area contributed by atoms with Crippen molar-refractivity contribution in [3.05, 3.63) is 58.3 Å². The maximum Gasteiger partial charge on any atom is 0.185 e. The molecule has 1 aromatic heterocycles. The number of pyridine rings is 1. The first-order valence-corrected chi connectivity index (χ1v) is 6.99. The predicted molar refractivity (Wildman–Crippen MR) is 84.8 cm³/mol. The second-order valence-electron chi connectivity index (χ2n) is 4.16. The molecule has 0 aliphatic rings. The summed E-state index contributed by atoms with van der Waals surface area (Å²) < 4.78 is 11.3. The minimum atomic E-state index is -0.0842. The van der Waals surface area contributed by atoms with Crippen LogP contribution in [-0.4, -0.2) is 25.0 Å². The highest BCUT2D eigenvalue weighted by atomic mass is 79.9. The van der Waals surface area contributed by atoms with Crippen molar-refractivity contribution < 1.29 is 14.3 Å². The van der Waals surface area contributed by atoms with E-state index < -0.39 is 0 Å². The molecule has 0 atom stereocenters. The fourth-order valence-corrected chi connectivity index (χ4v) is 2.23. The summed E-state index contributed by atoms with van der Waals surface area (Å²) in [6, 6.07) is 6.96. The summed E-state index contributed by atoms with van der Waals surface area (Å²) in [4.78, 5) is 15.9. The Balaban J connectivity index is 2.27. The normalized spacial score (nSPS) is 10.6. The topological polar surface area (TPSA) is 48.4 Å². The van der Waals surface area contributed by atoms with Crippen LogP contribution in [0.25, 0.3) is 6.08 Å². The van der Waals surface area contributed by atoms with Gasteiger partial charge in [-0.1, -0.05) is 15.9 Å². The zero-order chi connectivity index (χ0) is 15.2. The second-order valence-corrected chi connectivity index (χ2v) is 5.02. The highest BCUT2D eigenvalue weighted by Crippen LogP contribution is 2.33. The number of hydrogen-bond acceptors (Lipinski definition) is 4. The van der Waals surface area contributed by atoms with Crippen molar-refractivity contribution in [2.45, 2.75) is 0 Å². The number of allylic oxidation sites excluding steroid dienone is 1. The Morgan fingerprint density at radius 3 is 2.38 bits per heavy atom. The molecule has 0 amide bonds. The molecule has 108 valence electrons. The van der Waals surface area contributed by atoms with Crippen LogP contribution in [0.1, 0.15) is 15.9 Å². The predicted octanol–water partition coefficient (Wildman–Crippen LogP) is 3.76. The van der Waals surface area contributed by atoms with Crippen LogP contribution in [0.5, 0.6) is 11.5 Å². The molecule has 0 aliphatic heterocycles. The van der Waals surface area contributed by atoms with Gasteiger partial charge in [0.05, 0.1) is 14.2 Å². The number of ketones is 1. The molecular weight excluding hydrogens is 334 g/mol. The summed E-state index contributed by atoms with van der Waals surface area (Å²) in [5.74, 6) is 1.15. The molecule has 0 saturated carbocycles. The summed E-state index contributed by atoms with van der Waals surface area (Å²) in [5.41, 5.74) is 1.42. The minimum absolute atomic E-state index is 0.0842. The first-order chi connectivity index (χ1) is 10.2. The van der Waals surface area contributed by atoms with Gasteiger partial charge in [-0.25, -0.2) is 0 Å². The molecule has 0 radical (unpaired) electrons. The number of methoxy groups -OCH3 is 2. The van der Waals surface area contributed by atoms with Crippen LogP contribution < -0.4 is 9.47 Å². The molecule has 4 nitrogen and oxygen atoms in total. The van der Waals surface area contributed by atoms with Gasteiger partial charge in [0, 0.05) is 22.4 Å². The molecule has 0 bridgehead atoms. The first-order valence-electron chi connectivity index (χ1n) is 6.19. The van der Waals surface area contributed by atoms with E-state index in [-0.39, 0.29) is 5.78 Å². The number of rotatable bonds is 5. The summed E-state index contributed by atoms with van der Waals surface area (Å²) in [7, 11) is 3.15. The molecule has 2 rings (SSSR count). The molecule has 2 aromatic rings. The van der Waals surface area contributed by atoms with Gasteiger partial charge in [0.15, 0.2) is 17.3 Å². The van der Waals surface area contributed by atoms with Gasteiger partial charge in [0.1, 0.15) is 0 Å². The van der Waals surface area contributed by atoms with Crippen LogP contribution in [0.15, 0.2) is 47.2 Å². The molecule has 0 aliphatic carbocycles. The van der Waals surface area contributed by atoms with E-state index >= 15 is 0 Å². The van der Waals surface area contributed by atoms with Crippen molar-refractivity contribution in [3.63, 3.8) is 0 Å². The van der Waals surface area contributed by atoms with Crippen molar-refractivity contribution in [2.24, 2.45) is 0 Å². The van der Waals surface area contributed by atoms with Gasteiger partial charge in [-0.15, -0.1) is 0 Å². The van der Waals surface area contributed by atoms with Crippen molar-refractivity contribution >= 4 is 27.8 Å². The zero-order valence-electron chi connectivity index (χ0n) is 11.7. The van der Waals surface area contributed by atoms with E-state index in [2.05, 4.69) is 20.9 Å². The summed E-state index contributed by atoms with van der Waals surface area (Å²) in [6.07, 6.45) is 6.43. The van der Waals surface area contributed by atoms with E-state index in [4.69, 9.17) is 9.47 Å². The molecule has 21 heavy (non-hydrogen) atoms. The van der Waals surface area contributed by atoms with Crippen molar-refractivity contribution in [1.82, 2.24) is 4.98 Å². The molecule has 1 heterocycles. The molecular formula is C16H14BrNO3. The molecule has 0 unspecified atom stereocenters. The number of halogens is 1. The van der Waals surface area contributed by atoms with E-state index in [1.807, 2.05) is 0 Å². The molecule has 0 spiro atoms. The first kappa shape index (κ1) is 15.3. The summed E-state index contributed by atoms with van der Waals surface area (Å²) in [5, 5.41) is 0. The van der Waals surface area contributed by atoms with Gasteiger partial charge in [-0.2, -0.15) is 0 Å². The lowest BCUT2D eigenvalue weighted by molar-refractivity contribution is 0.104. The third-order valence-corrected chi connectivity index (χ3v) is 3.57.